The number of aromatic nitrogens is 2. The number of nitrogens with zero attached hydrogens (tertiary/aromatic N) is 3. The Morgan fingerprint density at radius 3 is 2.47 bits per heavy atom. The van der Waals surface area contributed by atoms with Gasteiger partial charge in [0.1, 0.15) is 0 Å². The maximum atomic E-state index is 5.70. The number of morpholine rings is 1. The van der Waals surface area contributed by atoms with Crippen molar-refractivity contribution >= 4 is 5.69 Å². The topological polar surface area (TPSA) is 56.3 Å². The van der Waals surface area contributed by atoms with Gasteiger partial charge in [-0.25, -0.2) is 4.98 Å². The number of imidazole rings is 1. The van der Waals surface area contributed by atoms with Crippen molar-refractivity contribution in [3.05, 3.63) is 42.5 Å². The van der Waals surface area contributed by atoms with Gasteiger partial charge in [-0.3, -0.25) is 0 Å². The van der Waals surface area contributed by atoms with E-state index in [1.165, 1.54) is 5.69 Å². The molecule has 1 aromatic heterocycles. The summed E-state index contributed by atoms with van der Waals surface area (Å²) in [5.41, 5.74) is 9.04. The van der Waals surface area contributed by atoms with Gasteiger partial charge in [-0.05, 0) is 24.3 Å². The van der Waals surface area contributed by atoms with E-state index in [4.69, 9.17) is 10.5 Å². The van der Waals surface area contributed by atoms with Crippen molar-refractivity contribution < 1.29 is 4.74 Å². The van der Waals surface area contributed by atoms with E-state index < -0.39 is 0 Å². The smallest absolute Gasteiger partial charge is 0.0994 e. The largest absolute Gasteiger partial charge is 0.378 e. The summed E-state index contributed by atoms with van der Waals surface area (Å²) in [5.74, 6) is 0. The van der Waals surface area contributed by atoms with Crippen molar-refractivity contribution in [1.82, 2.24) is 9.55 Å². The first-order valence-corrected chi connectivity index (χ1v) is 6.53. The lowest BCUT2D eigenvalue weighted by molar-refractivity contribution is 0.122. The van der Waals surface area contributed by atoms with Gasteiger partial charge < -0.3 is 19.9 Å². The number of ether oxygens (including phenoxy) is 1. The number of nitrogens with two attached hydrogens (primary N) is 1. The second-order valence-electron chi connectivity index (χ2n) is 4.57. The third-order valence-corrected chi connectivity index (χ3v) is 3.43. The van der Waals surface area contributed by atoms with Crippen LogP contribution in [0.1, 0.15) is 5.69 Å². The minimum atomic E-state index is 0.491. The Bertz CT molecular complexity index is 529. The highest BCUT2D eigenvalue weighted by atomic mass is 16.5. The van der Waals surface area contributed by atoms with Crippen LogP contribution in [-0.2, 0) is 11.3 Å². The predicted molar refractivity (Wildman–Crippen MR) is 74.5 cm³/mol. The zero-order valence-corrected chi connectivity index (χ0v) is 10.8. The normalized spacial score (nSPS) is 15.7. The van der Waals surface area contributed by atoms with E-state index >= 15 is 0 Å². The fourth-order valence-electron chi connectivity index (χ4n) is 2.35. The van der Waals surface area contributed by atoms with Crippen LogP contribution in [0.3, 0.4) is 0 Å². The standard InChI is InChI=1S/C14H18N4O/c15-9-14-10-16-11-18(14)13-3-1-12(2-4-13)17-5-7-19-8-6-17/h1-4,10-11H,5-9,15H2. The van der Waals surface area contributed by atoms with Crippen LogP contribution in [0.4, 0.5) is 5.69 Å². The fraction of sp³-hybridized carbons (Fsp3) is 0.357. The van der Waals surface area contributed by atoms with Crippen molar-refractivity contribution in [3.63, 3.8) is 0 Å². The summed E-state index contributed by atoms with van der Waals surface area (Å²) in [6.07, 6.45) is 3.60. The molecular weight excluding hydrogens is 240 g/mol. The lowest BCUT2D eigenvalue weighted by Crippen LogP contribution is -2.36. The van der Waals surface area contributed by atoms with Gasteiger partial charge in [-0.1, -0.05) is 0 Å². The summed E-state index contributed by atoms with van der Waals surface area (Å²) >= 11 is 0. The molecule has 5 nitrogen and oxygen atoms in total. The average Bonchev–Trinajstić information content (AvgIpc) is 2.97. The number of anilines is 1. The van der Waals surface area contributed by atoms with E-state index in [0.717, 1.165) is 37.7 Å². The first-order valence-electron chi connectivity index (χ1n) is 6.53. The maximum Gasteiger partial charge on any atom is 0.0994 e. The van der Waals surface area contributed by atoms with Crippen molar-refractivity contribution in [2.75, 3.05) is 31.2 Å². The van der Waals surface area contributed by atoms with E-state index in [9.17, 15) is 0 Å². The van der Waals surface area contributed by atoms with Gasteiger partial charge in [0.2, 0.25) is 0 Å². The molecule has 1 fully saturated rings. The van der Waals surface area contributed by atoms with Crippen molar-refractivity contribution in [2.24, 2.45) is 5.73 Å². The molecule has 0 amide bonds. The summed E-state index contributed by atoms with van der Waals surface area (Å²) in [6, 6.07) is 8.49. The first kappa shape index (κ1) is 12.2. The summed E-state index contributed by atoms with van der Waals surface area (Å²) in [7, 11) is 0. The third kappa shape index (κ3) is 2.47. The number of rotatable bonds is 3. The molecule has 100 valence electrons. The van der Waals surface area contributed by atoms with Gasteiger partial charge in [0.15, 0.2) is 0 Å². The van der Waals surface area contributed by atoms with Crippen molar-refractivity contribution in [3.8, 4) is 5.69 Å². The Morgan fingerprint density at radius 1 is 1.11 bits per heavy atom. The van der Waals surface area contributed by atoms with E-state index in [0.29, 0.717) is 6.54 Å². The van der Waals surface area contributed by atoms with Crippen molar-refractivity contribution in [2.45, 2.75) is 6.54 Å². The van der Waals surface area contributed by atoms with E-state index in [-0.39, 0.29) is 0 Å². The zero-order chi connectivity index (χ0) is 13.1. The van der Waals surface area contributed by atoms with Crippen LogP contribution >= 0.6 is 0 Å². The zero-order valence-electron chi connectivity index (χ0n) is 10.8. The number of hydrogen-bond donors (Lipinski definition) is 1. The Kier molecular flexibility index (Phi) is 3.48. The highest BCUT2D eigenvalue weighted by Gasteiger charge is 2.11. The lowest BCUT2D eigenvalue weighted by atomic mass is 10.2. The lowest BCUT2D eigenvalue weighted by Gasteiger charge is -2.29. The SMILES string of the molecule is NCc1cncn1-c1ccc(N2CCOCC2)cc1. The highest BCUT2D eigenvalue weighted by Crippen LogP contribution is 2.19. The van der Waals surface area contributed by atoms with Gasteiger partial charge in [0.25, 0.3) is 0 Å². The van der Waals surface area contributed by atoms with Gasteiger partial charge >= 0.3 is 0 Å². The molecule has 1 aromatic carbocycles. The average molecular weight is 258 g/mol. The molecule has 0 spiro atoms. The summed E-state index contributed by atoms with van der Waals surface area (Å²) in [6.45, 7) is 4.02. The monoisotopic (exact) mass is 258 g/mol. The first-order chi connectivity index (χ1) is 9.38. The summed E-state index contributed by atoms with van der Waals surface area (Å²) < 4.78 is 7.38. The van der Waals surface area contributed by atoms with Gasteiger partial charge in [-0.15, -0.1) is 0 Å². The fourth-order valence-corrected chi connectivity index (χ4v) is 2.35. The Labute approximate surface area is 112 Å². The molecule has 0 unspecified atom stereocenters. The van der Waals surface area contributed by atoms with Crippen LogP contribution in [0, 0.1) is 0 Å². The van der Waals surface area contributed by atoms with Gasteiger partial charge in [0.05, 0.1) is 25.2 Å². The molecule has 2 N–H and O–H groups in total. The van der Waals surface area contributed by atoms with Crippen LogP contribution in [0.2, 0.25) is 0 Å². The molecule has 2 heterocycles. The van der Waals surface area contributed by atoms with E-state index in [2.05, 4.69) is 34.1 Å². The molecule has 0 bridgehead atoms. The highest BCUT2D eigenvalue weighted by molar-refractivity contribution is 5.51. The third-order valence-electron chi connectivity index (χ3n) is 3.43. The van der Waals surface area contributed by atoms with Crippen molar-refractivity contribution in [1.29, 1.82) is 0 Å². The molecule has 0 saturated carbocycles. The summed E-state index contributed by atoms with van der Waals surface area (Å²) in [5, 5.41) is 0. The molecule has 5 heteroatoms. The number of benzene rings is 1. The van der Waals surface area contributed by atoms with Gasteiger partial charge in [-0.2, -0.15) is 0 Å². The van der Waals surface area contributed by atoms with E-state index in [1.54, 1.807) is 12.5 Å². The Morgan fingerprint density at radius 2 is 1.79 bits per heavy atom. The minimum absolute atomic E-state index is 0.491. The molecular formula is C14H18N4O. The second kappa shape index (κ2) is 5.42. The molecule has 2 aromatic rings. The molecule has 1 saturated heterocycles. The van der Waals surface area contributed by atoms with Crippen LogP contribution in [0.15, 0.2) is 36.8 Å². The molecule has 0 aliphatic carbocycles. The summed E-state index contributed by atoms with van der Waals surface area (Å²) in [4.78, 5) is 6.48. The minimum Gasteiger partial charge on any atom is -0.378 e. The predicted octanol–water partition coefficient (Wildman–Crippen LogP) is 1.17. The molecule has 3 rings (SSSR count). The van der Waals surface area contributed by atoms with Crippen LogP contribution < -0.4 is 10.6 Å². The van der Waals surface area contributed by atoms with Crippen LogP contribution in [0.25, 0.3) is 5.69 Å². The molecule has 19 heavy (non-hydrogen) atoms. The maximum absolute atomic E-state index is 5.70. The quantitative estimate of drug-likeness (QED) is 0.898. The van der Waals surface area contributed by atoms with Gasteiger partial charge in [0, 0.05) is 37.2 Å². The Hall–Kier alpha value is -1.85. The molecule has 0 atom stereocenters. The molecule has 0 radical (unpaired) electrons. The van der Waals surface area contributed by atoms with E-state index in [1.807, 2.05) is 4.57 Å². The molecule has 1 aliphatic rings. The second-order valence-corrected chi connectivity index (χ2v) is 4.57. The molecule has 1 aliphatic heterocycles. The number of hydrogen-bond acceptors (Lipinski definition) is 4. The Balaban J connectivity index is 1.82. The van der Waals surface area contributed by atoms with Crippen LogP contribution in [0.5, 0.6) is 0 Å². The van der Waals surface area contributed by atoms with Crippen LogP contribution in [-0.4, -0.2) is 35.9 Å².